The highest BCUT2D eigenvalue weighted by Crippen LogP contribution is 2.35. The Kier molecular flexibility index (Phi) is 1.89. The second-order valence-electron chi connectivity index (χ2n) is 3.38. The largest absolute Gasteiger partial charge is 0.392 e. The number of hydrogen-bond acceptors (Lipinski definition) is 2. The molecule has 1 fully saturated rings. The van der Waals surface area contributed by atoms with Crippen LogP contribution in [-0.4, -0.2) is 20.8 Å². The van der Waals surface area contributed by atoms with E-state index in [1.807, 2.05) is 17.1 Å². The minimum Gasteiger partial charge on any atom is -0.392 e. The summed E-state index contributed by atoms with van der Waals surface area (Å²) < 4.78 is 2.04. The first-order valence-corrected chi connectivity index (χ1v) is 4.51. The quantitative estimate of drug-likeness (QED) is 0.715. The molecule has 1 aliphatic carbocycles. The molecule has 0 spiro atoms. The number of rotatable bonds is 2. The number of hydrogen-bond donors (Lipinski definition) is 1. The fourth-order valence-corrected chi connectivity index (χ4v) is 1.57. The van der Waals surface area contributed by atoms with E-state index in [2.05, 4.69) is 11.9 Å². The van der Waals surface area contributed by atoms with E-state index in [1.165, 1.54) is 0 Å². The van der Waals surface area contributed by atoms with Gasteiger partial charge in [0.15, 0.2) is 0 Å². The molecule has 1 aliphatic rings. The van der Waals surface area contributed by atoms with Crippen LogP contribution in [0.25, 0.3) is 0 Å². The molecule has 3 nitrogen and oxygen atoms in total. The van der Waals surface area contributed by atoms with Gasteiger partial charge in [-0.15, -0.1) is 0 Å². The SMILES string of the molecule is CCn1cnc(C2CCC2O)c1. The zero-order valence-electron chi connectivity index (χ0n) is 7.27. The number of aryl methyl sites for hydroxylation is 1. The van der Waals surface area contributed by atoms with Crippen molar-refractivity contribution in [1.29, 1.82) is 0 Å². The van der Waals surface area contributed by atoms with Gasteiger partial charge >= 0.3 is 0 Å². The van der Waals surface area contributed by atoms with Gasteiger partial charge in [-0.25, -0.2) is 4.98 Å². The molecule has 1 N–H and O–H groups in total. The number of imidazole rings is 1. The number of nitrogens with zero attached hydrogens (tertiary/aromatic N) is 2. The van der Waals surface area contributed by atoms with Gasteiger partial charge in [-0.1, -0.05) is 0 Å². The van der Waals surface area contributed by atoms with E-state index >= 15 is 0 Å². The van der Waals surface area contributed by atoms with Crippen LogP contribution in [0.4, 0.5) is 0 Å². The van der Waals surface area contributed by atoms with Crippen LogP contribution in [0.15, 0.2) is 12.5 Å². The van der Waals surface area contributed by atoms with Crippen molar-refractivity contribution >= 4 is 0 Å². The van der Waals surface area contributed by atoms with Gasteiger partial charge in [-0.2, -0.15) is 0 Å². The summed E-state index contributed by atoms with van der Waals surface area (Å²) >= 11 is 0. The van der Waals surface area contributed by atoms with Gasteiger partial charge < -0.3 is 9.67 Å². The van der Waals surface area contributed by atoms with Gasteiger partial charge in [0, 0.05) is 18.7 Å². The molecular weight excluding hydrogens is 152 g/mol. The summed E-state index contributed by atoms with van der Waals surface area (Å²) in [6, 6.07) is 0. The molecule has 66 valence electrons. The molecular formula is C9H14N2O. The monoisotopic (exact) mass is 166 g/mol. The van der Waals surface area contributed by atoms with Crippen LogP contribution in [0, 0.1) is 0 Å². The van der Waals surface area contributed by atoms with Crippen molar-refractivity contribution in [3.63, 3.8) is 0 Å². The Morgan fingerprint density at radius 3 is 2.92 bits per heavy atom. The minimum absolute atomic E-state index is 0.148. The molecule has 0 radical (unpaired) electrons. The topological polar surface area (TPSA) is 38.0 Å². The Labute approximate surface area is 72.0 Å². The van der Waals surface area contributed by atoms with Gasteiger partial charge in [-0.3, -0.25) is 0 Å². The zero-order chi connectivity index (χ0) is 8.55. The van der Waals surface area contributed by atoms with Crippen molar-refractivity contribution in [3.05, 3.63) is 18.2 Å². The third-order valence-electron chi connectivity index (χ3n) is 2.64. The van der Waals surface area contributed by atoms with E-state index in [-0.39, 0.29) is 6.10 Å². The zero-order valence-corrected chi connectivity index (χ0v) is 7.27. The second-order valence-corrected chi connectivity index (χ2v) is 3.38. The predicted molar refractivity (Wildman–Crippen MR) is 45.9 cm³/mol. The van der Waals surface area contributed by atoms with Crippen molar-refractivity contribution in [1.82, 2.24) is 9.55 Å². The van der Waals surface area contributed by atoms with Crippen molar-refractivity contribution in [2.45, 2.75) is 38.3 Å². The maximum Gasteiger partial charge on any atom is 0.0949 e. The maximum absolute atomic E-state index is 9.39. The summed E-state index contributed by atoms with van der Waals surface area (Å²) in [5.74, 6) is 0.304. The summed E-state index contributed by atoms with van der Waals surface area (Å²) in [5, 5.41) is 9.39. The molecule has 12 heavy (non-hydrogen) atoms. The van der Waals surface area contributed by atoms with Crippen LogP contribution in [0.2, 0.25) is 0 Å². The Morgan fingerprint density at radius 2 is 2.50 bits per heavy atom. The minimum atomic E-state index is -0.148. The lowest BCUT2D eigenvalue weighted by atomic mass is 9.80. The Bertz CT molecular complexity index is 269. The normalized spacial score (nSPS) is 28.5. The molecule has 0 bridgehead atoms. The van der Waals surface area contributed by atoms with E-state index < -0.39 is 0 Å². The predicted octanol–water partition coefficient (Wildman–Crippen LogP) is 1.14. The molecule has 2 unspecified atom stereocenters. The Morgan fingerprint density at radius 1 is 1.67 bits per heavy atom. The molecule has 2 rings (SSSR count). The van der Waals surface area contributed by atoms with Gasteiger partial charge in [0.05, 0.1) is 18.1 Å². The fraction of sp³-hybridized carbons (Fsp3) is 0.667. The van der Waals surface area contributed by atoms with Crippen LogP contribution in [0.3, 0.4) is 0 Å². The third-order valence-corrected chi connectivity index (χ3v) is 2.64. The standard InChI is InChI=1S/C9H14N2O/c1-2-11-5-8(10-6-11)7-3-4-9(7)12/h5-7,9,12H,2-4H2,1H3. The van der Waals surface area contributed by atoms with Crippen LogP contribution >= 0.6 is 0 Å². The highest BCUT2D eigenvalue weighted by molar-refractivity contribution is 5.11. The Hall–Kier alpha value is -0.830. The van der Waals surface area contributed by atoms with E-state index in [0.717, 1.165) is 25.1 Å². The Balaban J connectivity index is 2.12. The van der Waals surface area contributed by atoms with Gasteiger partial charge in [-0.05, 0) is 19.8 Å². The van der Waals surface area contributed by atoms with Crippen molar-refractivity contribution in [3.8, 4) is 0 Å². The van der Waals surface area contributed by atoms with E-state index in [1.54, 1.807) is 0 Å². The first kappa shape index (κ1) is 7.80. The summed E-state index contributed by atoms with van der Waals surface area (Å²) in [6.07, 6.45) is 5.74. The molecule has 0 saturated heterocycles. The average Bonchev–Trinajstić information content (AvgIpc) is 2.50. The number of aliphatic hydroxyl groups is 1. The lowest BCUT2D eigenvalue weighted by molar-refractivity contribution is 0.0644. The lowest BCUT2D eigenvalue weighted by Crippen LogP contribution is -2.29. The van der Waals surface area contributed by atoms with Crippen molar-refractivity contribution in [2.75, 3.05) is 0 Å². The summed E-state index contributed by atoms with van der Waals surface area (Å²) in [7, 11) is 0. The highest BCUT2D eigenvalue weighted by atomic mass is 16.3. The number of aliphatic hydroxyl groups excluding tert-OH is 1. The third kappa shape index (κ3) is 1.14. The second kappa shape index (κ2) is 2.90. The van der Waals surface area contributed by atoms with E-state index in [4.69, 9.17) is 0 Å². The number of aromatic nitrogens is 2. The average molecular weight is 166 g/mol. The molecule has 3 heteroatoms. The molecule has 0 aliphatic heterocycles. The van der Waals surface area contributed by atoms with Gasteiger partial charge in [0.25, 0.3) is 0 Å². The molecule has 0 aromatic carbocycles. The van der Waals surface area contributed by atoms with Crippen LogP contribution in [0.1, 0.15) is 31.4 Å². The smallest absolute Gasteiger partial charge is 0.0949 e. The molecule has 1 saturated carbocycles. The molecule has 1 heterocycles. The summed E-state index contributed by atoms with van der Waals surface area (Å²) in [6.45, 7) is 3.04. The molecule has 1 aromatic rings. The van der Waals surface area contributed by atoms with E-state index in [0.29, 0.717) is 5.92 Å². The van der Waals surface area contributed by atoms with Gasteiger partial charge in [0.1, 0.15) is 0 Å². The molecule has 1 aromatic heterocycles. The first-order valence-electron chi connectivity index (χ1n) is 4.51. The van der Waals surface area contributed by atoms with Gasteiger partial charge in [0.2, 0.25) is 0 Å². The van der Waals surface area contributed by atoms with Crippen LogP contribution in [0.5, 0.6) is 0 Å². The van der Waals surface area contributed by atoms with Crippen LogP contribution < -0.4 is 0 Å². The lowest BCUT2D eigenvalue weighted by Gasteiger charge is -2.30. The van der Waals surface area contributed by atoms with E-state index in [9.17, 15) is 5.11 Å². The fourth-order valence-electron chi connectivity index (χ4n) is 1.57. The maximum atomic E-state index is 9.39. The molecule has 2 atom stereocenters. The van der Waals surface area contributed by atoms with Crippen molar-refractivity contribution in [2.24, 2.45) is 0 Å². The molecule has 0 amide bonds. The first-order chi connectivity index (χ1) is 5.81. The van der Waals surface area contributed by atoms with Crippen molar-refractivity contribution < 1.29 is 5.11 Å². The van der Waals surface area contributed by atoms with Crippen LogP contribution in [-0.2, 0) is 6.54 Å². The highest BCUT2D eigenvalue weighted by Gasteiger charge is 2.31. The summed E-state index contributed by atoms with van der Waals surface area (Å²) in [4.78, 5) is 4.26. The summed E-state index contributed by atoms with van der Waals surface area (Å²) in [5.41, 5.74) is 1.05.